The summed E-state index contributed by atoms with van der Waals surface area (Å²) >= 11 is 0. The topological polar surface area (TPSA) is 0 Å². The van der Waals surface area contributed by atoms with Crippen molar-refractivity contribution in [2.24, 2.45) is 0 Å². The fourth-order valence-corrected chi connectivity index (χ4v) is 3.05. The number of hydrogen-bond acceptors (Lipinski definition) is 0. The summed E-state index contributed by atoms with van der Waals surface area (Å²) in [5.41, 5.74) is 5.63. The average molecular weight is 276 g/mol. The minimum absolute atomic E-state index is 0.568. The highest BCUT2D eigenvalue weighted by Gasteiger charge is 2.10. The van der Waals surface area contributed by atoms with Crippen LogP contribution in [0.15, 0.2) is 48.5 Å². The zero-order chi connectivity index (χ0) is 14.8. The van der Waals surface area contributed by atoms with Crippen molar-refractivity contribution in [2.45, 2.75) is 46.0 Å². The van der Waals surface area contributed by atoms with E-state index in [1.54, 1.807) is 0 Å². The van der Waals surface area contributed by atoms with Crippen LogP contribution in [0.2, 0.25) is 0 Å². The molecule has 0 radical (unpaired) electrons. The fourth-order valence-electron chi connectivity index (χ4n) is 3.05. The number of benzene rings is 1. The molecule has 1 aromatic carbocycles. The zero-order valence-electron chi connectivity index (χ0n) is 13.3. The van der Waals surface area contributed by atoms with Crippen molar-refractivity contribution in [3.05, 3.63) is 59.7 Å². The number of hydrogen-bond donors (Lipinski definition) is 0. The van der Waals surface area contributed by atoms with E-state index in [1.807, 2.05) is 0 Å². The van der Waals surface area contributed by atoms with Crippen molar-refractivity contribution in [2.75, 3.05) is 0 Å². The number of rotatable bonds is 4. The van der Waals surface area contributed by atoms with Gasteiger partial charge in [-0.15, -0.1) is 0 Å². The molecule has 3 rings (SSSR count). The predicted octanol–water partition coefficient (Wildman–Crippen LogP) is 6.41. The minimum atomic E-state index is 0.568. The molecule has 0 unspecified atom stereocenters. The Hall–Kier alpha value is -1.82. The molecular formula is C21H24. The molecule has 0 atom stereocenters. The monoisotopic (exact) mass is 276 g/mol. The van der Waals surface area contributed by atoms with Crippen LogP contribution in [0.1, 0.15) is 50.7 Å². The van der Waals surface area contributed by atoms with Crippen molar-refractivity contribution in [1.82, 2.24) is 0 Å². The molecule has 0 saturated heterocycles. The van der Waals surface area contributed by atoms with Gasteiger partial charge in [0.05, 0.1) is 0 Å². The van der Waals surface area contributed by atoms with Crippen LogP contribution in [-0.4, -0.2) is 0 Å². The minimum Gasteiger partial charge on any atom is -0.0654 e. The van der Waals surface area contributed by atoms with Gasteiger partial charge in [-0.05, 0) is 57.9 Å². The Labute approximate surface area is 128 Å². The average Bonchev–Trinajstić information content (AvgIpc) is 2.67. The van der Waals surface area contributed by atoms with Gasteiger partial charge < -0.3 is 0 Å². The SMILES string of the molecule is CCCCc1ccc2cc3cc(C(C)C)cccc-3c2c1. The van der Waals surface area contributed by atoms with Crippen LogP contribution < -0.4 is 0 Å². The Morgan fingerprint density at radius 1 is 0.952 bits per heavy atom. The highest BCUT2D eigenvalue weighted by Crippen LogP contribution is 2.35. The largest absolute Gasteiger partial charge is 0.0654 e. The summed E-state index contributed by atoms with van der Waals surface area (Å²) in [6, 6.07) is 18.4. The third kappa shape index (κ3) is 2.81. The summed E-state index contributed by atoms with van der Waals surface area (Å²) in [7, 11) is 0. The van der Waals surface area contributed by atoms with Crippen LogP contribution in [0.3, 0.4) is 0 Å². The number of aryl methyl sites for hydroxylation is 1. The highest BCUT2D eigenvalue weighted by molar-refractivity contribution is 6.02. The smallest absolute Gasteiger partial charge is 0.0102 e. The summed E-state index contributed by atoms with van der Waals surface area (Å²) in [5.74, 6) is 0.568. The van der Waals surface area contributed by atoms with E-state index < -0.39 is 0 Å². The van der Waals surface area contributed by atoms with E-state index in [0.29, 0.717) is 5.92 Å². The van der Waals surface area contributed by atoms with Gasteiger partial charge >= 0.3 is 0 Å². The molecule has 0 heteroatoms. The Kier molecular flexibility index (Phi) is 3.96. The molecule has 0 nitrogen and oxygen atoms in total. The van der Waals surface area contributed by atoms with E-state index in [9.17, 15) is 0 Å². The summed E-state index contributed by atoms with van der Waals surface area (Å²) in [6.45, 7) is 6.77. The Bertz CT molecular complexity index is 721. The number of unbranched alkanes of at least 4 members (excludes halogenated alkanes) is 1. The summed E-state index contributed by atoms with van der Waals surface area (Å²) in [4.78, 5) is 0. The molecule has 0 fully saturated rings. The molecule has 2 aliphatic carbocycles. The summed E-state index contributed by atoms with van der Waals surface area (Å²) < 4.78 is 0. The van der Waals surface area contributed by atoms with Gasteiger partial charge in [-0.2, -0.15) is 0 Å². The van der Waals surface area contributed by atoms with Crippen molar-refractivity contribution in [1.29, 1.82) is 0 Å². The molecule has 21 heavy (non-hydrogen) atoms. The molecule has 0 bridgehead atoms. The molecular weight excluding hydrogens is 252 g/mol. The van der Waals surface area contributed by atoms with Gasteiger partial charge in [-0.1, -0.05) is 69.7 Å². The highest BCUT2D eigenvalue weighted by atomic mass is 14.1. The lowest BCUT2D eigenvalue weighted by Crippen LogP contribution is -1.83. The number of fused-ring (bicyclic) bond motifs is 3. The lowest BCUT2D eigenvalue weighted by atomic mass is 10.0. The summed E-state index contributed by atoms with van der Waals surface area (Å²) in [5, 5.41) is 2.77. The second kappa shape index (κ2) is 5.89. The quantitative estimate of drug-likeness (QED) is 0.516. The molecule has 0 aliphatic heterocycles. The molecule has 0 saturated carbocycles. The van der Waals surface area contributed by atoms with E-state index in [4.69, 9.17) is 0 Å². The first-order chi connectivity index (χ1) is 10.2. The van der Waals surface area contributed by atoms with E-state index in [1.165, 1.54) is 52.3 Å². The first-order valence-electron chi connectivity index (χ1n) is 8.14. The molecule has 0 heterocycles. The van der Waals surface area contributed by atoms with Crippen molar-refractivity contribution in [3.8, 4) is 11.1 Å². The van der Waals surface area contributed by atoms with Gasteiger partial charge in [-0.3, -0.25) is 0 Å². The maximum Gasteiger partial charge on any atom is -0.0102 e. The van der Waals surface area contributed by atoms with Gasteiger partial charge in [0.15, 0.2) is 0 Å². The third-order valence-electron chi connectivity index (χ3n) is 4.39. The van der Waals surface area contributed by atoms with Gasteiger partial charge in [0.1, 0.15) is 0 Å². The van der Waals surface area contributed by atoms with Gasteiger partial charge in [0, 0.05) is 0 Å². The van der Waals surface area contributed by atoms with Gasteiger partial charge in [0.2, 0.25) is 0 Å². The molecule has 0 N–H and O–H groups in total. The van der Waals surface area contributed by atoms with E-state index >= 15 is 0 Å². The molecule has 108 valence electrons. The van der Waals surface area contributed by atoms with Gasteiger partial charge in [-0.25, -0.2) is 0 Å². The van der Waals surface area contributed by atoms with E-state index in [2.05, 4.69) is 69.3 Å². The molecule has 0 spiro atoms. The standard InChI is InChI=1S/C21H24/c1-4-5-7-16-10-11-18-14-19-13-17(15(2)3)8-6-9-20(19)21(18)12-16/h6,8-15H,4-5,7H2,1-3H3. The lowest BCUT2D eigenvalue weighted by molar-refractivity contribution is 0.796. The van der Waals surface area contributed by atoms with Crippen LogP contribution in [0.4, 0.5) is 0 Å². The van der Waals surface area contributed by atoms with Crippen molar-refractivity contribution >= 4 is 10.8 Å². The van der Waals surface area contributed by atoms with Crippen LogP contribution in [0.5, 0.6) is 0 Å². The predicted molar refractivity (Wildman–Crippen MR) is 93.3 cm³/mol. The zero-order valence-corrected chi connectivity index (χ0v) is 13.3. The Morgan fingerprint density at radius 3 is 2.57 bits per heavy atom. The fraction of sp³-hybridized carbons (Fsp3) is 0.333. The van der Waals surface area contributed by atoms with Crippen LogP contribution in [0, 0.1) is 0 Å². The van der Waals surface area contributed by atoms with E-state index in [-0.39, 0.29) is 0 Å². The van der Waals surface area contributed by atoms with Crippen molar-refractivity contribution < 1.29 is 0 Å². The van der Waals surface area contributed by atoms with Crippen molar-refractivity contribution in [3.63, 3.8) is 0 Å². The summed E-state index contributed by atoms with van der Waals surface area (Å²) in [6.07, 6.45) is 3.72. The second-order valence-corrected chi connectivity index (χ2v) is 6.36. The van der Waals surface area contributed by atoms with Crippen LogP contribution in [0.25, 0.3) is 21.9 Å². The maximum absolute atomic E-state index is 2.39. The third-order valence-corrected chi connectivity index (χ3v) is 4.39. The Morgan fingerprint density at radius 2 is 1.81 bits per heavy atom. The Balaban J connectivity index is 2.11. The molecule has 2 aliphatic rings. The normalized spacial score (nSPS) is 11.6. The van der Waals surface area contributed by atoms with Crippen LogP contribution >= 0.6 is 0 Å². The van der Waals surface area contributed by atoms with E-state index in [0.717, 1.165) is 0 Å². The molecule has 0 amide bonds. The first-order valence-corrected chi connectivity index (χ1v) is 8.14. The molecule has 0 aromatic heterocycles. The second-order valence-electron chi connectivity index (χ2n) is 6.36. The molecule has 1 aromatic rings. The first kappa shape index (κ1) is 14.1. The maximum atomic E-state index is 2.39. The van der Waals surface area contributed by atoms with Gasteiger partial charge in [0.25, 0.3) is 0 Å². The lowest BCUT2D eigenvalue weighted by Gasteiger charge is -2.02. The van der Waals surface area contributed by atoms with Crippen LogP contribution in [-0.2, 0) is 6.42 Å².